The van der Waals surface area contributed by atoms with Crippen LogP contribution in [-0.2, 0) is 0 Å². The second-order valence-corrected chi connectivity index (χ2v) is 5.03. The van der Waals surface area contributed by atoms with Crippen LogP contribution in [-0.4, -0.2) is 12.3 Å². The summed E-state index contributed by atoms with van der Waals surface area (Å²) in [6.07, 6.45) is 0. The van der Waals surface area contributed by atoms with Gasteiger partial charge in [-0.2, -0.15) is 0 Å². The third-order valence-electron chi connectivity index (χ3n) is 3.56. The zero-order valence-corrected chi connectivity index (χ0v) is 15.6. The maximum atomic E-state index is 4.75. The van der Waals surface area contributed by atoms with Crippen molar-refractivity contribution in [3.8, 4) is 0 Å². The van der Waals surface area contributed by atoms with E-state index < -0.39 is 0 Å². The molecule has 0 atom stereocenters. The topological polar surface area (TPSA) is 12.4 Å². The van der Waals surface area contributed by atoms with Crippen molar-refractivity contribution in [2.24, 2.45) is 4.99 Å². The van der Waals surface area contributed by atoms with Crippen LogP contribution in [0.25, 0.3) is 5.57 Å². The fourth-order valence-corrected chi connectivity index (χ4v) is 2.55. The van der Waals surface area contributed by atoms with Crippen molar-refractivity contribution in [2.75, 3.05) is 6.54 Å². The number of aliphatic imine (C=N–C) groups is 1. The van der Waals surface area contributed by atoms with E-state index in [9.17, 15) is 0 Å². The Morgan fingerprint density at radius 2 is 1.25 bits per heavy atom. The van der Waals surface area contributed by atoms with Gasteiger partial charge in [-0.1, -0.05) is 101 Å². The van der Waals surface area contributed by atoms with Gasteiger partial charge in [-0.15, -0.1) is 0 Å². The Morgan fingerprint density at radius 1 is 0.792 bits per heavy atom. The first kappa shape index (κ1) is 19.6. The molecular weight excluding hydrogens is 290 g/mol. The van der Waals surface area contributed by atoms with Crippen molar-refractivity contribution in [3.05, 3.63) is 89.5 Å². The van der Waals surface area contributed by atoms with Crippen molar-refractivity contribution in [2.45, 2.75) is 34.6 Å². The molecule has 0 unspecified atom stereocenters. The highest BCUT2D eigenvalue weighted by atomic mass is 14.8. The van der Waals surface area contributed by atoms with E-state index in [1.54, 1.807) is 0 Å². The number of rotatable bonds is 3. The molecular formula is C23H29N. The van der Waals surface area contributed by atoms with Crippen molar-refractivity contribution in [1.29, 1.82) is 0 Å². The monoisotopic (exact) mass is 319 g/mol. The SMILES string of the molecule is C=C(C)C1=C(c2ccccc2)C(c2ccccc2)=NC1.CC.CC. The average Bonchev–Trinajstić information content (AvgIpc) is 3.12. The van der Waals surface area contributed by atoms with E-state index in [-0.39, 0.29) is 0 Å². The maximum Gasteiger partial charge on any atom is 0.0732 e. The lowest BCUT2D eigenvalue weighted by molar-refractivity contribution is 1.18. The van der Waals surface area contributed by atoms with E-state index in [0.29, 0.717) is 0 Å². The van der Waals surface area contributed by atoms with Gasteiger partial charge in [0.15, 0.2) is 0 Å². The molecule has 126 valence electrons. The first-order chi connectivity index (χ1) is 11.8. The molecule has 1 aliphatic heterocycles. The summed E-state index contributed by atoms with van der Waals surface area (Å²) in [5.74, 6) is 0. The minimum absolute atomic E-state index is 0.726. The Hall–Kier alpha value is -2.41. The largest absolute Gasteiger partial charge is 0.279 e. The number of nitrogens with zero attached hydrogens (tertiary/aromatic N) is 1. The molecule has 1 heterocycles. The lowest BCUT2D eigenvalue weighted by atomic mass is 9.91. The van der Waals surface area contributed by atoms with Crippen LogP contribution in [0.15, 0.2) is 83.4 Å². The second kappa shape index (κ2) is 10.4. The molecule has 0 radical (unpaired) electrons. The summed E-state index contributed by atoms with van der Waals surface area (Å²) < 4.78 is 0. The van der Waals surface area contributed by atoms with E-state index in [1.165, 1.54) is 22.3 Å². The Kier molecular flexibility index (Phi) is 8.49. The predicted octanol–water partition coefficient (Wildman–Crippen LogP) is 6.57. The Bertz CT molecular complexity index is 691. The first-order valence-corrected chi connectivity index (χ1v) is 8.82. The number of benzene rings is 2. The maximum absolute atomic E-state index is 4.75. The Morgan fingerprint density at radius 3 is 1.71 bits per heavy atom. The van der Waals surface area contributed by atoms with Crippen molar-refractivity contribution >= 4 is 11.3 Å². The summed E-state index contributed by atoms with van der Waals surface area (Å²) >= 11 is 0. The van der Waals surface area contributed by atoms with Gasteiger partial charge in [-0.05, 0) is 18.1 Å². The molecule has 1 aliphatic rings. The van der Waals surface area contributed by atoms with Gasteiger partial charge in [0.1, 0.15) is 0 Å². The summed E-state index contributed by atoms with van der Waals surface area (Å²) in [6, 6.07) is 20.8. The van der Waals surface area contributed by atoms with Crippen molar-refractivity contribution in [3.63, 3.8) is 0 Å². The van der Waals surface area contributed by atoms with E-state index in [0.717, 1.165) is 17.8 Å². The van der Waals surface area contributed by atoms with E-state index in [4.69, 9.17) is 4.99 Å². The second-order valence-electron chi connectivity index (χ2n) is 5.03. The average molecular weight is 319 g/mol. The normalized spacial score (nSPS) is 12.5. The molecule has 3 rings (SSSR count). The van der Waals surface area contributed by atoms with Gasteiger partial charge in [0.25, 0.3) is 0 Å². The van der Waals surface area contributed by atoms with Crippen molar-refractivity contribution < 1.29 is 0 Å². The molecule has 0 spiro atoms. The Labute approximate surface area is 147 Å². The van der Waals surface area contributed by atoms with Crippen LogP contribution in [0.4, 0.5) is 0 Å². The zero-order valence-electron chi connectivity index (χ0n) is 15.6. The number of allylic oxidation sites excluding steroid dienone is 1. The molecule has 24 heavy (non-hydrogen) atoms. The molecule has 2 aromatic rings. The van der Waals surface area contributed by atoms with Crippen LogP contribution < -0.4 is 0 Å². The molecule has 0 bridgehead atoms. The minimum Gasteiger partial charge on any atom is -0.279 e. The van der Waals surface area contributed by atoms with Crippen LogP contribution in [0.3, 0.4) is 0 Å². The predicted molar refractivity (Wildman–Crippen MR) is 109 cm³/mol. The molecule has 0 fully saturated rings. The third kappa shape index (κ3) is 4.55. The quantitative estimate of drug-likeness (QED) is 0.606. The van der Waals surface area contributed by atoms with Gasteiger partial charge >= 0.3 is 0 Å². The molecule has 0 saturated carbocycles. The lowest BCUT2D eigenvalue weighted by Gasteiger charge is -2.11. The molecule has 1 nitrogen and oxygen atoms in total. The van der Waals surface area contributed by atoms with Crippen LogP contribution in [0.5, 0.6) is 0 Å². The summed E-state index contributed by atoms with van der Waals surface area (Å²) in [7, 11) is 0. The van der Waals surface area contributed by atoms with E-state index in [1.807, 2.05) is 39.8 Å². The molecule has 0 saturated heterocycles. The highest BCUT2D eigenvalue weighted by Gasteiger charge is 2.22. The van der Waals surface area contributed by atoms with Gasteiger partial charge in [-0.25, -0.2) is 0 Å². The van der Waals surface area contributed by atoms with Gasteiger partial charge in [0.2, 0.25) is 0 Å². The van der Waals surface area contributed by atoms with Gasteiger partial charge in [-0.3, -0.25) is 4.99 Å². The van der Waals surface area contributed by atoms with E-state index >= 15 is 0 Å². The highest BCUT2D eigenvalue weighted by Crippen LogP contribution is 2.32. The fraction of sp³-hybridized carbons (Fsp3) is 0.261. The third-order valence-corrected chi connectivity index (χ3v) is 3.56. The molecule has 0 amide bonds. The van der Waals surface area contributed by atoms with Crippen LogP contribution in [0.1, 0.15) is 45.7 Å². The molecule has 0 aromatic heterocycles. The summed E-state index contributed by atoms with van der Waals surface area (Å²) in [5.41, 5.74) is 7.03. The number of hydrogen-bond donors (Lipinski definition) is 0. The first-order valence-electron chi connectivity index (χ1n) is 8.82. The van der Waals surface area contributed by atoms with Crippen LogP contribution in [0, 0.1) is 0 Å². The standard InChI is InChI=1S/C19H17N.2C2H6/c1-14(2)17-13-20-19(16-11-7-4-8-12-16)18(17)15-9-5-3-6-10-15;2*1-2/h3-12H,1,13H2,2H3;2*1-2H3. The van der Waals surface area contributed by atoms with E-state index in [2.05, 4.69) is 62.0 Å². The molecule has 0 N–H and O–H groups in total. The summed E-state index contributed by atoms with van der Waals surface area (Å²) in [5, 5.41) is 0. The zero-order chi connectivity index (χ0) is 17.9. The van der Waals surface area contributed by atoms with Gasteiger partial charge in [0.05, 0.1) is 12.3 Å². The molecule has 1 heteroatoms. The summed E-state index contributed by atoms with van der Waals surface area (Å²) in [4.78, 5) is 4.75. The van der Waals surface area contributed by atoms with Crippen molar-refractivity contribution in [1.82, 2.24) is 0 Å². The van der Waals surface area contributed by atoms with Crippen LogP contribution in [0.2, 0.25) is 0 Å². The van der Waals surface area contributed by atoms with Gasteiger partial charge < -0.3 is 0 Å². The van der Waals surface area contributed by atoms with Gasteiger partial charge in [0, 0.05) is 11.1 Å². The number of hydrogen-bond acceptors (Lipinski definition) is 1. The molecule has 2 aromatic carbocycles. The smallest absolute Gasteiger partial charge is 0.0732 e. The fourth-order valence-electron chi connectivity index (χ4n) is 2.55. The summed E-state index contributed by atoms with van der Waals surface area (Å²) in [6.45, 7) is 14.9. The van der Waals surface area contributed by atoms with Crippen LogP contribution >= 0.6 is 0 Å². The Balaban J connectivity index is 0.000000671. The lowest BCUT2D eigenvalue weighted by Crippen LogP contribution is -2.02. The highest BCUT2D eigenvalue weighted by molar-refractivity contribution is 6.34. The minimum atomic E-state index is 0.726. The molecule has 0 aliphatic carbocycles.